The van der Waals surface area contributed by atoms with Crippen LogP contribution in [0.4, 0.5) is 0 Å². The summed E-state index contributed by atoms with van der Waals surface area (Å²) < 4.78 is 2.06. The van der Waals surface area contributed by atoms with Crippen molar-refractivity contribution in [3.05, 3.63) is 41.7 Å². The van der Waals surface area contributed by atoms with Crippen molar-refractivity contribution >= 4 is 11.8 Å². The number of thioether (sulfide) groups is 1. The Bertz CT molecular complexity index is 542. The number of nitriles is 1. The normalized spacial score (nSPS) is 10.2. The molecule has 0 radical (unpaired) electrons. The molecule has 2 rings (SSSR count). The molecule has 0 saturated heterocycles. The standard InChI is InChI=1S/C13H14N4S/c1-2-17-12(10-11-6-4-3-5-7-11)15-16-13(17)18-9-8-14/h3-7H,2,9-10H2,1H3. The Morgan fingerprint density at radius 1 is 1.28 bits per heavy atom. The molecule has 0 spiro atoms. The number of benzene rings is 1. The van der Waals surface area contributed by atoms with Crippen molar-refractivity contribution in [3.63, 3.8) is 0 Å². The first-order valence-corrected chi connectivity index (χ1v) is 6.79. The van der Waals surface area contributed by atoms with E-state index in [0.29, 0.717) is 5.75 Å². The van der Waals surface area contributed by atoms with Crippen molar-refractivity contribution < 1.29 is 0 Å². The van der Waals surface area contributed by atoms with Crippen LogP contribution in [0.2, 0.25) is 0 Å². The molecular formula is C13H14N4S. The maximum Gasteiger partial charge on any atom is 0.192 e. The van der Waals surface area contributed by atoms with Crippen molar-refractivity contribution in [2.45, 2.75) is 25.0 Å². The minimum Gasteiger partial charge on any atom is -0.306 e. The van der Waals surface area contributed by atoms with Crippen molar-refractivity contribution in [2.75, 3.05) is 5.75 Å². The number of hydrogen-bond acceptors (Lipinski definition) is 4. The largest absolute Gasteiger partial charge is 0.306 e. The molecule has 1 aromatic heterocycles. The van der Waals surface area contributed by atoms with Gasteiger partial charge in [0.15, 0.2) is 5.16 Å². The Morgan fingerprint density at radius 3 is 2.72 bits per heavy atom. The van der Waals surface area contributed by atoms with Crippen LogP contribution in [0.5, 0.6) is 0 Å². The van der Waals surface area contributed by atoms with Crippen LogP contribution in [0.25, 0.3) is 0 Å². The molecule has 0 N–H and O–H groups in total. The second-order valence-corrected chi connectivity index (χ2v) is 4.69. The first-order valence-electron chi connectivity index (χ1n) is 5.81. The smallest absolute Gasteiger partial charge is 0.192 e. The highest BCUT2D eigenvalue weighted by Gasteiger charge is 2.11. The fourth-order valence-electron chi connectivity index (χ4n) is 1.75. The summed E-state index contributed by atoms with van der Waals surface area (Å²) >= 11 is 1.43. The van der Waals surface area contributed by atoms with Gasteiger partial charge in [0.2, 0.25) is 0 Å². The second kappa shape index (κ2) is 6.22. The highest BCUT2D eigenvalue weighted by molar-refractivity contribution is 7.99. The zero-order chi connectivity index (χ0) is 12.8. The second-order valence-electron chi connectivity index (χ2n) is 3.75. The molecule has 0 amide bonds. The number of nitrogens with zero attached hydrogens (tertiary/aromatic N) is 4. The number of hydrogen-bond donors (Lipinski definition) is 0. The summed E-state index contributed by atoms with van der Waals surface area (Å²) in [5.74, 6) is 1.35. The van der Waals surface area contributed by atoms with Gasteiger partial charge in [0.25, 0.3) is 0 Å². The Kier molecular flexibility index (Phi) is 4.37. The minimum atomic E-state index is 0.406. The zero-order valence-corrected chi connectivity index (χ0v) is 11.0. The van der Waals surface area contributed by atoms with Crippen molar-refractivity contribution in [2.24, 2.45) is 0 Å². The van der Waals surface area contributed by atoms with E-state index >= 15 is 0 Å². The van der Waals surface area contributed by atoms with Gasteiger partial charge in [-0.15, -0.1) is 10.2 Å². The third-order valence-corrected chi connectivity index (χ3v) is 3.41. The quantitative estimate of drug-likeness (QED) is 0.773. The number of aromatic nitrogens is 3. The zero-order valence-electron chi connectivity index (χ0n) is 10.2. The average molecular weight is 258 g/mol. The first kappa shape index (κ1) is 12.7. The van der Waals surface area contributed by atoms with Crippen LogP contribution in [-0.4, -0.2) is 20.5 Å². The fourth-order valence-corrected chi connectivity index (χ4v) is 2.43. The third kappa shape index (κ3) is 2.90. The molecule has 1 aromatic carbocycles. The number of rotatable bonds is 5. The molecule has 0 fully saturated rings. The predicted octanol–water partition coefficient (Wildman–Crippen LogP) is 2.50. The van der Waals surface area contributed by atoms with E-state index in [9.17, 15) is 0 Å². The molecule has 0 aliphatic carbocycles. The van der Waals surface area contributed by atoms with Crippen LogP contribution in [0.3, 0.4) is 0 Å². The van der Waals surface area contributed by atoms with Gasteiger partial charge in [-0.1, -0.05) is 42.1 Å². The maximum absolute atomic E-state index is 8.60. The molecule has 4 nitrogen and oxygen atoms in total. The van der Waals surface area contributed by atoms with E-state index in [1.807, 2.05) is 18.2 Å². The third-order valence-electron chi connectivity index (χ3n) is 2.58. The highest BCUT2D eigenvalue weighted by Crippen LogP contribution is 2.18. The van der Waals surface area contributed by atoms with Crippen molar-refractivity contribution in [3.8, 4) is 6.07 Å². The van der Waals surface area contributed by atoms with Crippen LogP contribution in [0.1, 0.15) is 18.3 Å². The highest BCUT2D eigenvalue weighted by atomic mass is 32.2. The van der Waals surface area contributed by atoms with Gasteiger partial charge >= 0.3 is 0 Å². The summed E-state index contributed by atoms with van der Waals surface area (Å²) in [7, 11) is 0. The van der Waals surface area contributed by atoms with Crippen LogP contribution in [0.15, 0.2) is 35.5 Å². The monoisotopic (exact) mass is 258 g/mol. The topological polar surface area (TPSA) is 54.5 Å². The van der Waals surface area contributed by atoms with Crippen LogP contribution in [0, 0.1) is 11.3 Å². The Morgan fingerprint density at radius 2 is 2.06 bits per heavy atom. The van der Waals surface area contributed by atoms with Gasteiger partial charge in [0.1, 0.15) is 5.82 Å². The van der Waals surface area contributed by atoms with Gasteiger partial charge in [-0.2, -0.15) is 5.26 Å². The molecular weight excluding hydrogens is 244 g/mol. The summed E-state index contributed by atoms with van der Waals surface area (Å²) in [6, 6.07) is 12.3. The SMILES string of the molecule is CCn1c(Cc2ccccc2)nnc1SCC#N. The van der Waals surface area contributed by atoms with E-state index in [0.717, 1.165) is 23.9 Å². The maximum atomic E-state index is 8.60. The van der Waals surface area contributed by atoms with E-state index < -0.39 is 0 Å². The van der Waals surface area contributed by atoms with E-state index in [1.54, 1.807) is 0 Å². The van der Waals surface area contributed by atoms with E-state index in [4.69, 9.17) is 5.26 Å². The lowest BCUT2D eigenvalue weighted by molar-refractivity contribution is 0.651. The Balaban J connectivity index is 2.18. The molecule has 0 aliphatic rings. The lowest BCUT2D eigenvalue weighted by Crippen LogP contribution is -2.04. The van der Waals surface area contributed by atoms with Gasteiger partial charge in [0.05, 0.1) is 11.8 Å². The molecule has 0 aliphatic heterocycles. The predicted molar refractivity (Wildman–Crippen MR) is 71.3 cm³/mol. The minimum absolute atomic E-state index is 0.406. The van der Waals surface area contributed by atoms with E-state index in [-0.39, 0.29) is 0 Å². The van der Waals surface area contributed by atoms with Crippen LogP contribution >= 0.6 is 11.8 Å². The molecule has 5 heteroatoms. The van der Waals surface area contributed by atoms with Gasteiger partial charge < -0.3 is 4.57 Å². The van der Waals surface area contributed by atoms with E-state index in [2.05, 4.69) is 39.9 Å². The lowest BCUT2D eigenvalue weighted by atomic mass is 10.1. The Labute approximate surface area is 111 Å². The molecule has 0 saturated carbocycles. The summed E-state index contributed by atoms with van der Waals surface area (Å²) in [5, 5.41) is 17.8. The van der Waals surface area contributed by atoms with Crippen LogP contribution in [-0.2, 0) is 13.0 Å². The molecule has 2 aromatic rings. The van der Waals surface area contributed by atoms with E-state index in [1.165, 1.54) is 17.3 Å². The van der Waals surface area contributed by atoms with Crippen molar-refractivity contribution in [1.29, 1.82) is 5.26 Å². The molecule has 1 heterocycles. The molecule has 92 valence electrons. The molecule has 0 bridgehead atoms. The average Bonchev–Trinajstić information content (AvgIpc) is 2.79. The van der Waals surface area contributed by atoms with Gasteiger partial charge in [-0.25, -0.2) is 0 Å². The van der Waals surface area contributed by atoms with Gasteiger partial charge in [-0.3, -0.25) is 0 Å². The lowest BCUT2D eigenvalue weighted by Gasteiger charge is -2.06. The molecule has 0 atom stereocenters. The Hall–Kier alpha value is -1.80. The van der Waals surface area contributed by atoms with Crippen molar-refractivity contribution in [1.82, 2.24) is 14.8 Å². The van der Waals surface area contributed by atoms with Gasteiger partial charge in [-0.05, 0) is 12.5 Å². The molecule has 0 unspecified atom stereocenters. The molecule has 18 heavy (non-hydrogen) atoms. The summed E-state index contributed by atoms with van der Waals surface area (Å²) in [4.78, 5) is 0. The van der Waals surface area contributed by atoms with Gasteiger partial charge in [0, 0.05) is 13.0 Å². The summed E-state index contributed by atoms with van der Waals surface area (Å²) in [6.07, 6.45) is 0.773. The van der Waals surface area contributed by atoms with Crippen LogP contribution < -0.4 is 0 Å². The first-order chi connectivity index (χ1) is 8.85. The summed E-state index contributed by atoms with van der Waals surface area (Å²) in [5.41, 5.74) is 1.22. The fraction of sp³-hybridized carbons (Fsp3) is 0.308. The summed E-state index contributed by atoms with van der Waals surface area (Å²) in [6.45, 7) is 2.89.